The van der Waals surface area contributed by atoms with Crippen LogP contribution in [0.2, 0.25) is 0 Å². The molecule has 1 aliphatic carbocycles. The number of hydrogen-bond donors (Lipinski definition) is 1. The van der Waals surface area contributed by atoms with Crippen LogP contribution in [0, 0.1) is 11.8 Å². The Balaban J connectivity index is 1.83. The van der Waals surface area contributed by atoms with E-state index in [0.29, 0.717) is 6.61 Å². The SMILES string of the molecule is CCCCCCC1CC1CCO. The van der Waals surface area contributed by atoms with Gasteiger partial charge in [-0.3, -0.25) is 0 Å². The van der Waals surface area contributed by atoms with Crippen molar-refractivity contribution in [2.75, 3.05) is 6.61 Å². The van der Waals surface area contributed by atoms with E-state index in [9.17, 15) is 0 Å². The molecule has 1 fully saturated rings. The zero-order valence-corrected chi connectivity index (χ0v) is 8.26. The Morgan fingerprint density at radius 1 is 1.08 bits per heavy atom. The summed E-state index contributed by atoms with van der Waals surface area (Å²) in [6, 6.07) is 0. The fourth-order valence-corrected chi connectivity index (χ4v) is 2.02. The predicted octanol–water partition coefficient (Wildman–Crippen LogP) is 2.98. The summed E-state index contributed by atoms with van der Waals surface area (Å²) in [6.07, 6.45) is 9.44. The largest absolute Gasteiger partial charge is 0.396 e. The van der Waals surface area contributed by atoms with Gasteiger partial charge in [0.15, 0.2) is 0 Å². The smallest absolute Gasteiger partial charge is 0.0433 e. The summed E-state index contributed by atoms with van der Waals surface area (Å²) in [7, 11) is 0. The quantitative estimate of drug-likeness (QED) is 0.582. The molecule has 0 amide bonds. The van der Waals surface area contributed by atoms with Gasteiger partial charge < -0.3 is 5.11 Å². The van der Waals surface area contributed by atoms with E-state index in [2.05, 4.69) is 6.92 Å². The van der Waals surface area contributed by atoms with Crippen LogP contribution in [0.4, 0.5) is 0 Å². The molecular formula is C11H22O. The van der Waals surface area contributed by atoms with Crippen molar-refractivity contribution < 1.29 is 5.11 Å². The van der Waals surface area contributed by atoms with Gasteiger partial charge in [-0.25, -0.2) is 0 Å². The first-order valence-electron chi connectivity index (χ1n) is 5.49. The molecule has 0 spiro atoms. The lowest BCUT2D eigenvalue weighted by Gasteiger charge is -1.98. The summed E-state index contributed by atoms with van der Waals surface area (Å²) >= 11 is 0. The molecule has 0 bridgehead atoms. The third-order valence-electron chi connectivity index (χ3n) is 3.00. The topological polar surface area (TPSA) is 20.2 Å². The van der Waals surface area contributed by atoms with Gasteiger partial charge in [0, 0.05) is 6.61 Å². The monoisotopic (exact) mass is 170 g/mol. The minimum atomic E-state index is 0.399. The molecule has 1 N–H and O–H groups in total. The standard InChI is InChI=1S/C11H22O/c1-2-3-4-5-6-10-9-11(10)7-8-12/h10-12H,2-9H2,1H3. The summed E-state index contributed by atoms with van der Waals surface area (Å²) in [4.78, 5) is 0. The van der Waals surface area contributed by atoms with E-state index in [1.54, 1.807) is 0 Å². The number of aliphatic hydroxyl groups is 1. The number of hydrogen-bond acceptors (Lipinski definition) is 1. The molecule has 72 valence electrons. The van der Waals surface area contributed by atoms with Gasteiger partial charge in [0.2, 0.25) is 0 Å². The van der Waals surface area contributed by atoms with Crippen LogP contribution in [0.3, 0.4) is 0 Å². The first-order chi connectivity index (χ1) is 5.88. The highest BCUT2D eigenvalue weighted by atomic mass is 16.3. The van der Waals surface area contributed by atoms with Gasteiger partial charge in [-0.2, -0.15) is 0 Å². The lowest BCUT2D eigenvalue weighted by molar-refractivity contribution is 0.276. The highest BCUT2D eigenvalue weighted by Crippen LogP contribution is 2.44. The normalized spacial score (nSPS) is 27.5. The van der Waals surface area contributed by atoms with Crippen LogP contribution in [-0.2, 0) is 0 Å². The third kappa shape index (κ3) is 3.57. The van der Waals surface area contributed by atoms with Crippen LogP contribution in [0.15, 0.2) is 0 Å². The van der Waals surface area contributed by atoms with Crippen molar-refractivity contribution >= 4 is 0 Å². The molecule has 1 nitrogen and oxygen atoms in total. The van der Waals surface area contributed by atoms with Crippen molar-refractivity contribution in [1.29, 1.82) is 0 Å². The molecule has 0 aromatic heterocycles. The predicted molar refractivity (Wildman–Crippen MR) is 52.1 cm³/mol. The maximum Gasteiger partial charge on any atom is 0.0433 e. The molecule has 1 saturated carbocycles. The van der Waals surface area contributed by atoms with E-state index in [1.165, 1.54) is 38.5 Å². The molecular weight excluding hydrogens is 148 g/mol. The van der Waals surface area contributed by atoms with E-state index >= 15 is 0 Å². The average molecular weight is 170 g/mol. The summed E-state index contributed by atoms with van der Waals surface area (Å²) in [5.41, 5.74) is 0. The third-order valence-corrected chi connectivity index (χ3v) is 3.00. The molecule has 1 heteroatoms. The second kappa shape index (κ2) is 5.58. The van der Waals surface area contributed by atoms with Crippen molar-refractivity contribution in [1.82, 2.24) is 0 Å². The van der Waals surface area contributed by atoms with Crippen molar-refractivity contribution in [3.63, 3.8) is 0 Å². The molecule has 0 radical (unpaired) electrons. The van der Waals surface area contributed by atoms with E-state index in [1.807, 2.05) is 0 Å². The minimum Gasteiger partial charge on any atom is -0.396 e. The van der Waals surface area contributed by atoms with E-state index in [4.69, 9.17) is 5.11 Å². The molecule has 1 rings (SSSR count). The molecule has 0 aromatic rings. The number of aliphatic hydroxyl groups excluding tert-OH is 1. The summed E-state index contributed by atoms with van der Waals surface area (Å²) in [5, 5.41) is 8.70. The van der Waals surface area contributed by atoms with Crippen LogP contribution in [0.1, 0.15) is 51.9 Å². The molecule has 0 aliphatic heterocycles. The Labute approximate surface area is 76.2 Å². The Hall–Kier alpha value is -0.0400. The van der Waals surface area contributed by atoms with Gasteiger partial charge in [0.1, 0.15) is 0 Å². The Morgan fingerprint density at radius 3 is 2.50 bits per heavy atom. The van der Waals surface area contributed by atoms with Gasteiger partial charge in [-0.1, -0.05) is 39.0 Å². The molecule has 2 unspecified atom stereocenters. The Morgan fingerprint density at radius 2 is 1.83 bits per heavy atom. The maximum atomic E-state index is 8.70. The van der Waals surface area contributed by atoms with Gasteiger partial charge in [-0.05, 0) is 24.7 Å². The second-order valence-corrected chi connectivity index (χ2v) is 4.12. The number of unbranched alkanes of at least 4 members (excludes halogenated alkanes) is 3. The lowest BCUT2D eigenvalue weighted by Crippen LogP contribution is -1.88. The molecule has 2 atom stereocenters. The van der Waals surface area contributed by atoms with Crippen LogP contribution >= 0.6 is 0 Å². The summed E-state index contributed by atoms with van der Waals surface area (Å²) in [5.74, 6) is 1.87. The average Bonchev–Trinajstić information content (AvgIpc) is 2.79. The van der Waals surface area contributed by atoms with Gasteiger partial charge in [0.25, 0.3) is 0 Å². The fourth-order valence-electron chi connectivity index (χ4n) is 2.02. The Bertz CT molecular complexity index is 112. The van der Waals surface area contributed by atoms with Crippen LogP contribution in [0.5, 0.6) is 0 Å². The fraction of sp³-hybridized carbons (Fsp3) is 1.00. The zero-order valence-electron chi connectivity index (χ0n) is 8.26. The van der Waals surface area contributed by atoms with Crippen molar-refractivity contribution in [2.24, 2.45) is 11.8 Å². The van der Waals surface area contributed by atoms with Crippen LogP contribution in [0.25, 0.3) is 0 Å². The first-order valence-corrected chi connectivity index (χ1v) is 5.49. The van der Waals surface area contributed by atoms with Gasteiger partial charge >= 0.3 is 0 Å². The maximum absolute atomic E-state index is 8.70. The number of rotatable bonds is 7. The lowest BCUT2D eigenvalue weighted by atomic mass is 10.1. The van der Waals surface area contributed by atoms with Crippen LogP contribution < -0.4 is 0 Å². The molecule has 0 saturated heterocycles. The highest BCUT2D eigenvalue weighted by molar-refractivity contribution is 4.85. The highest BCUT2D eigenvalue weighted by Gasteiger charge is 2.34. The minimum absolute atomic E-state index is 0.399. The van der Waals surface area contributed by atoms with E-state index < -0.39 is 0 Å². The van der Waals surface area contributed by atoms with Crippen LogP contribution in [-0.4, -0.2) is 11.7 Å². The van der Waals surface area contributed by atoms with Gasteiger partial charge in [0.05, 0.1) is 0 Å². The molecule has 0 heterocycles. The van der Waals surface area contributed by atoms with Crippen molar-refractivity contribution in [2.45, 2.75) is 51.9 Å². The Kier molecular flexibility index (Phi) is 4.67. The molecule has 12 heavy (non-hydrogen) atoms. The first kappa shape index (κ1) is 10.0. The molecule has 1 aliphatic rings. The second-order valence-electron chi connectivity index (χ2n) is 4.12. The summed E-state index contributed by atoms with van der Waals surface area (Å²) < 4.78 is 0. The van der Waals surface area contributed by atoms with Crippen molar-refractivity contribution in [3.05, 3.63) is 0 Å². The van der Waals surface area contributed by atoms with Gasteiger partial charge in [-0.15, -0.1) is 0 Å². The van der Waals surface area contributed by atoms with E-state index in [0.717, 1.165) is 18.3 Å². The van der Waals surface area contributed by atoms with Crippen molar-refractivity contribution in [3.8, 4) is 0 Å². The zero-order chi connectivity index (χ0) is 8.81. The molecule has 0 aromatic carbocycles. The summed E-state index contributed by atoms with van der Waals surface area (Å²) in [6.45, 7) is 2.65. The van der Waals surface area contributed by atoms with E-state index in [-0.39, 0.29) is 0 Å².